The molecular weight excluding hydrogens is 347 g/mol. The molecule has 0 bridgehead atoms. The van der Waals surface area contributed by atoms with E-state index in [1.165, 1.54) is 19.1 Å². The average Bonchev–Trinajstić information content (AvgIpc) is 2.84. The zero-order valence-electron chi connectivity index (χ0n) is 13.5. The van der Waals surface area contributed by atoms with E-state index in [0.29, 0.717) is 11.6 Å². The number of halogens is 3. The number of nitrogens with one attached hydrogen (secondary N) is 1. The number of hydrogen-bond acceptors (Lipinski definition) is 3. The molecule has 1 N–H and O–H groups in total. The van der Waals surface area contributed by atoms with E-state index in [1.54, 1.807) is 30.3 Å². The fourth-order valence-electron chi connectivity index (χ4n) is 2.98. The third-order valence-corrected chi connectivity index (χ3v) is 4.34. The lowest BCUT2D eigenvalue weighted by molar-refractivity contribution is -0.137. The SMILES string of the molecule is C[C@@]1(c2ccccc2)C(=O)NC(=O)N1c1ccc(C#N)c(C(F)(F)F)c1. The first-order valence-corrected chi connectivity index (χ1v) is 7.52. The fourth-order valence-corrected chi connectivity index (χ4v) is 2.98. The number of nitrogens with zero attached hydrogens (tertiary/aromatic N) is 2. The van der Waals surface area contributed by atoms with Gasteiger partial charge in [0.25, 0.3) is 5.91 Å². The Morgan fingerprint density at radius 1 is 1.12 bits per heavy atom. The number of benzene rings is 2. The molecule has 3 rings (SSSR count). The van der Waals surface area contributed by atoms with E-state index in [-0.39, 0.29) is 5.69 Å². The van der Waals surface area contributed by atoms with Crippen LogP contribution in [-0.4, -0.2) is 11.9 Å². The Morgan fingerprint density at radius 3 is 2.35 bits per heavy atom. The Morgan fingerprint density at radius 2 is 1.77 bits per heavy atom. The van der Waals surface area contributed by atoms with Crippen molar-refractivity contribution in [1.29, 1.82) is 5.26 Å². The van der Waals surface area contributed by atoms with Crippen LogP contribution >= 0.6 is 0 Å². The van der Waals surface area contributed by atoms with Crippen molar-refractivity contribution in [2.45, 2.75) is 18.6 Å². The zero-order chi connectivity index (χ0) is 19.1. The van der Waals surface area contributed by atoms with Crippen molar-refractivity contribution in [3.8, 4) is 6.07 Å². The van der Waals surface area contributed by atoms with Crippen molar-refractivity contribution < 1.29 is 22.8 Å². The third kappa shape index (κ3) is 2.58. The molecule has 0 aromatic heterocycles. The zero-order valence-corrected chi connectivity index (χ0v) is 13.5. The molecule has 1 heterocycles. The van der Waals surface area contributed by atoms with Gasteiger partial charge in [0, 0.05) is 5.69 Å². The Bertz CT molecular complexity index is 935. The van der Waals surface area contributed by atoms with Gasteiger partial charge < -0.3 is 0 Å². The standard InChI is InChI=1S/C18H12F3N3O2/c1-17(12-5-3-2-4-6-12)15(25)23-16(26)24(17)13-8-7-11(10-22)14(9-13)18(19,20)21/h2-9H,1H3,(H,23,25,26)/t17-/m1/s1. The molecule has 0 unspecified atom stereocenters. The number of carbonyl (C=O) groups excluding carboxylic acids is 2. The number of urea groups is 1. The molecule has 1 atom stereocenters. The molecule has 3 amide bonds. The number of amides is 3. The summed E-state index contributed by atoms with van der Waals surface area (Å²) in [7, 11) is 0. The van der Waals surface area contributed by atoms with Gasteiger partial charge in [-0.05, 0) is 30.7 Å². The lowest BCUT2D eigenvalue weighted by Crippen LogP contribution is -2.44. The van der Waals surface area contributed by atoms with Crippen LogP contribution in [0.25, 0.3) is 0 Å². The number of alkyl halides is 3. The highest BCUT2D eigenvalue weighted by Crippen LogP contribution is 2.40. The lowest BCUT2D eigenvalue weighted by atomic mass is 9.90. The predicted molar refractivity (Wildman–Crippen MR) is 86.0 cm³/mol. The smallest absolute Gasteiger partial charge is 0.275 e. The summed E-state index contributed by atoms with van der Waals surface area (Å²) in [5.41, 5.74) is -2.93. The number of imide groups is 1. The molecule has 0 aliphatic carbocycles. The summed E-state index contributed by atoms with van der Waals surface area (Å²) < 4.78 is 39.8. The molecule has 1 aliphatic rings. The van der Waals surface area contributed by atoms with Gasteiger partial charge in [0.05, 0.1) is 17.2 Å². The Hall–Kier alpha value is -3.34. The topological polar surface area (TPSA) is 73.2 Å². The normalized spacial score (nSPS) is 20.0. The van der Waals surface area contributed by atoms with Crippen LogP contribution in [0.3, 0.4) is 0 Å². The van der Waals surface area contributed by atoms with Gasteiger partial charge in [-0.15, -0.1) is 0 Å². The summed E-state index contributed by atoms with van der Waals surface area (Å²) in [6.45, 7) is 1.45. The van der Waals surface area contributed by atoms with Crippen molar-refractivity contribution in [1.82, 2.24) is 5.32 Å². The van der Waals surface area contributed by atoms with Gasteiger partial charge in [-0.3, -0.25) is 15.0 Å². The van der Waals surface area contributed by atoms with E-state index in [0.717, 1.165) is 11.0 Å². The van der Waals surface area contributed by atoms with Gasteiger partial charge in [-0.25, -0.2) is 4.79 Å². The second-order valence-corrected chi connectivity index (χ2v) is 5.87. The second kappa shape index (κ2) is 5.88. The van der Waals surface area contributed by atoms with Crippen LogP contribution < -0.4 is 10.2 Å². The number of carbonyl (C=O) groups is 2. The maximum Gasteiger partial charge on any atom is 0.417 e. The summed E-state index contributed by atoms with van der Waals surface area (Å²) in [6, 6.07) is 11.8. The van der Waals surface area contributed by atoms with E-state index in [1.807, 2.05) is 0 Å². The first-order valence-electron chi connectivity index (χ1n) is 7.52. The minimum Gasteiger partial charge on any atom is -0.275 e. The molecule has 8 heteroatoms. The van der Waals surface area contributed by atoms with E-state index in [9.17, 15) is 22.8 Å². The Labute approximate surface area is 146 Å². The van der Waals surface area contributed by atoms with E-state index >= 15 is 0 Å². The largest absolute Gasteiger partial charge is 0.417 e. The molecule has 0 saturated carbocycles. The molecule has 2 aromatic rings. The minimum atomic E-state index is -4.77. The molecule has 5 nitrogen and oxygen atoms in total. The molecule has 1 aliphatic heterocycles. The third-order valence-electron chi connectivity index (χ3n) is 4.34. The Kier molecular flexibility index (Phi) is 3.95. The van der Waals surface area contributed by atoms with Crippen LogP contribution in [0, 0.1) is 11.3 Å². The van der Waals surface area contributed by atoms with Crippen molar-refractivity contribution in [2.24, 2.45) is 0 Å². The first kappa shape index (κ1) is 17.5. The summed E-state index contributed by atoms with van der Waals surface area (Å²) in [4.78, 5) is 25.8. The molecule has 132 valence electrons. The number of anilines is 1. The van der Waals surface area contributed by atoms with Crippen LogP contribution in [0.15, 0.2) is 48.5 Å². The first-order chi connectivity index (χ1) is 12.2. The van der Waals surface area contributed by atoms with E-state index in [2.05, 4.69) is 5.32 Å². The molecule has 26 heavy (non-hydrogen) atoms. The van der Waals surface area contributed by atoms with Gasteiger partial charge in [0.2, 0.25) is 0 Å². The number of nitriles is 1. The fraction of sp³-hybridized carbons (Fsp3) is 0.167. The van der Waals surface area contributed by atoms with Crippen LogP contribution in [0.2, 0.25) is 0 Å². The number of hydrogen-bond donors (Lipinski definition) is 1. The lowest BCUT2D eigenvalue weighted by Gasteiger charge is -2.32. The molecule has 0 radical (unpaired) electrons. The highest BCUT2D eigenvalue weighted by atomic mass is 19.4. The quantitative estimate of drug-likeness (QED) is 0.834. The molecule has 2 aromatic carbocycles. The van der Waals surface area contributed by atoms with E-state index < -0.39 is 34.8 Å². The predicted octanol–water partition coefficient (Wildman–Crippen LogP) is 3.55. The maximum atomic E-state index is 13.3. The van der Waals surface area contributed by atoms with Crippen molar-refractivity contribution >= 4 is 17.6 Å². The molecule has 1 fully saturated rings. The summed E-state index contributed by atoms with van der Waals surface area (Å²) in [6.07, 6.45) is -4.77. The van der Waals surface area contributed by atoms with Gasteiger partial charge in [0.15, 0.2) is 5.54 Å². The van der Waals surface area contributed by atoms with Crippen LogP contribution in [-0.2, 0) is 16.5 Å². The second-order valence-electron chi connectivity index (χ2n) is 5.87. The molecule has 1 saturated heterocycles. The average molecular weight is 359 g/mol. The van der Waals surface area contributed by atoms with Crippen LogP contribution in [0.1, 0.15) is 23.6 Å². The highest BCUT2D eigenvalue weighted by molar-refractivity contribution is 6.17. The summed E-state index contributed by atoms with van der Waals surface area (Å²) in [5.74, 6) is -0.647. The van der Waals surface area contributed by atoms with Crippen molar-refractivity contribution in [3.05, 3.63) is 65.2 Å². The highest BCUT2D eigenvalue weighted by Gasteiger charge is 2.51. The monoisotopic (exact) mass is 359 g/mol. The van der Waals surface area contributed by atoms with Crippen molar-refractivity contribution in [3.63, 3.8) is 0 Å². The molecule has 0 spiro atoms. The van der Waals surface area contributed by atoms with E-state index in [4.69, 9.17) is 5.26 Å². The van der Waals surface area contributed by atoms with Gasteiger partial charge in [-0.2, -0.15) is 18.4 Å². The Balaban J connectivity index is 2.20. The van der Waals surface area contributed by atoms with Gasteiger partial charge in [0.1, 0.15) is 0 Å². The van der Waals surface area contributed by atoms with Gasteiger partial charge in [-0.1, -0.05) is 30.3 Å². The van der Waals surface area contributed by atoms with Crippen LogP contribution in [0.4, 0.5) is 23.7 Å². The summed E-state index contributed by atoms with van der Waals surface area (Å²) in [5, 5.41) is 11.1. The maximum absolute atomic E-state index is 13.3. The minimum absolute atomic E-state index is 0.133. The van der Waals surface area contributed by atoms with Gasteiger partial charge >= 0.3 is 12.2 Å². The number of rotatable bonds is 2. The van der Waals surface area contributed by atoms with Crippen molar-refractivity contribution in [2.75, 3.05) is 4.90 Å². The molecular formula is C18H12F3N3O2. The summed E-state index contributed by atoms with van der Waals surface area (Å²) >= 11 is 0. The van der Waals surface area contributed by atoms with Crippen LogP contribution in [0.5, 0.6) is 0 Å².